The zero-order valence-corrected chi connectivity index (χ0v) is 30.3. The van der Waals surface area contributed by atoms with Gasteiger partial charge < -0.3 is 25.7 Å². The number of hydrogen-bond donors (Lipinski definition) is 4. The predicted molar refractivity (Wildman–Crippen MR) is 188 cm³/mol. The zero-order chi connectivity index (χ0) is 35.5. The summed E-state index contributed by atoms with van der Waals surface area (Å²) in [4.78, 5) is 60.2. The Bertz CT molecular complexity index is 1350. The van der Waals surface area contributed by atoms with Crippen LogP contribution >= 0.6 is 11.3 Å². The number of likely N-dealkylation sites (N-methyl/N-ethyl adjacent to an activating group) is 2. The van der Waals surface area contributed by atoms with Gasteiger partial charge >= 0.3 is 5.97 Å². The van der Waals surface area contributed by atoms with Crippen molar-refractivity contribution >= 4 is 35.0 Å². The van der Waals surface area contributed by atoms with Gasteiger partial charge in [0.25, 0.3) is 5.91 Å². The van der Waals surface area contributed by atoms with Crippen molar-refractivity contribution in [2.75, 3.05) is 20.6 Å². The highest BCUT2D eigenvalue weighted by Crippen LogP contribution is 2.28. The van der Waals surface area contributed by atoms with Crippen LogP contribution in [0.1, 0.15) is 100 Å². The normalized spacial score (nSPS) is 19.1. The fraction of sp³-hybridized carbons (Fsp3) is 0.639. The molecular weight excluding hydrogens is 630 g/mol. The Labute approximate surface area is 289 Å². The van der Waals surface area contributed by atoms with E-state index >= 15 is 0 Å². The van der Waals surface area contributed by atoms with Gasteiger partial charge in [0.05, 0.1) is 12.0 Å². The van der Waals surface area contributed by atoms with Crippen molar-refractivity contribution in [2.24, 2.45) is 17.8 Å². The number of piperidine rings is 1. The number of aliphatic hydroxyl groups is 1. The smallest absolute Gasteiger partial charge is 0.306 e. The first-order chi connectivity index (χ1) is 22.7. The summed E-state index contributed by atoms with van der Waals surface area (Å²) in [6.45, 7) is 10.4. The van der Waals surface area contributed by atoms with Gasteiger partial charge in [0.1, 0.15) is 22.8 Å². The van der Waals surface area contributed by atoms with Crippen LogP contribution in [0.4, 0.5) is 0 Å². The summed E-state index contributed by atoms with van der Waals surface area (Å²) in [6.07, 6.45) is 3.41. The third kappa shape index (κ3) is 10.8. The highest BCUT2D eigenvalue weighted by molar-refractivity contribution is 7.09. The number of carbonyl (C=O) groups is 4. The number of likely N-dealkylation sites (tertiary alicyclic amines) is 1. The molecule has 1 saturated heterocycles. The van der Waals surface area contributed by atoms with Crippen LogP contribution in [-0.4, -0.2) is 93.5 Å². The number of hydrogen-bond acceptors (Lipinski definition) is 8. The SMILES string of the molecule is CC[C@H](C)[C@H](NC(=O)[C@H]1CCCCN1C)C(=O)N(C)[C@H](C[C@@H](O)c1nc(C(=O)N[C@@H](Cc2ccccc2)C[C@H](C)C(=O)O)cs1)C(C)C. The van der Waals surface area contributed by atoms with Crippen molar-refractivity contribution in [1.29, 1.82) is 0 Å². The van der Waals surface area contributed by atoms with Crippen LogP contribution in [0, 0.1) is 17.8 Å². The fourth-order valence-corrected chi connectivity index (χ4v) is 7.15. The summed E-state index contributed by atoms with van der Waals surface area (Å²) in [5.41, 5.74) is 1.12. The molecule has 48 heavy (non-hydrogen) atoms. The van der Waals surface area contributed by atoms with E-state index in [0.717, 1.165) is 31.4 Å². The molecule has 3 amide bonds. The molecule has 4 N–H and O–H groups in total. The highest BCUT2D eigenvalue weighted by atomic mass is 32.1. The lowest BCUT2D eigenvalue weighted by Crippen LogP contribution is -2.58. The number of thiazole rings is 1. The van der Waals surface area contributed by atoms with Crippen molar-refractivity contribution in [1.82, 2.24) is 25.4 Å². The second-order valence-electron chi connectivity index (χ2n) is 13.8. The summed E-state index contributed by atoms with van der Waals surface area (Å²) in [6, 6.07) is 7.83. The summed E-state index contributed by atoms with van der Waals surface area (Å²) < 4.78 is 0. The Morgan fingerprint density at radius 2 is 1.75 bits per heavy atom. The number of carboxylic acid groups (broad SMARTS) is 1. The molecule has 0 unspecified atom stereocenters. The fourth-order valence-electron chi connectivity index (χ4n) is 6.35. The number of carboxylic acids is 1. The van der Waals surface area contributed by atoms with Crippen LogP contribution in [0.25, 0.3) is 0 Å². The lowest BCUT2D eigenvalue weighted by atomic mass is 9.92. The lowest BCUT2D eigenvalue weighted by molar-refractivity contribution is -0.141. The molecule has 1 aliphatic rings. The number of nitrogens with zero attached hydrogens (tertiary/aromatic N) is 3. The molecule has 0 spiro atoms. The maximum Gasteiger partial charge on any atom is 0.306 e. The van der Waals surface area contributed by atoms with Crippen LogP contribution in [0.3, 0.4) is 0 Å². The molecule has 7 atom stereocenters. The minimum Gasteiger partial charge on any atom is -0.481 e. The van der Waals surface area contributed by atoms with Gasteiger partial charge in [0, 0.05) is 30.9 Å². The standard InChI is InChI=1S/C36H55N5O6S/c1-8-23(4)31(39-33(44)28-16-12-13-17-40(28)6)35(45)41(7)29(22(2)3)20-30(42)34-38-27(21-48-34)32(43)37-26(18-24(5)36(46)47)19-25-14-10-9-11-15-25/h9-11,14-15,21-24,26,28-31,42H,8,12-13,16-20H2,1-7H3,(H,37,43)(H,39,44)(H,46,47)/t23-,24-,26+,28+,29+,30+,31-/m0/s1. The predicted octanol–water partition coefficient (Wildman–Crippen LogP) is 4.52. The summed E-state index contributed by atoms with van der Waals surface area (Å²) >= 11 is 1.17. The number of carbonyl (C=O) groups excluding carboxylic acids is 3. The molecule has 1 aliphatic heterocycles. The number of amides is 3. The van der Waals surface area contributed by atoms with E-state index in [4.69, 9.17) is 0 Å². The van der Waals surface area contributed by atoms with E-state index in [0.29, 0.717) is 17.8 Å². The first-order valence-corrected chi connectivity index (χ1v) is 18.1. The average molecular weight is 686 g/mol. The van der Waals surface area contributed by atoms with E-state index in [1.165, 1.54) is 11.3 Å². The van der Waals surface area contributed by atoms with Crippen molar-refractivity contribution < 1.29 is 29.4 Å². The molecule has 266 valence electrons. The van der Waals surface area contributed by atoms with E-state index in [1.54, 1.807) is 24.3 Å². The molecule has 1 fully saturated rings. The van der Waals surface area contributed by atoms with Gasteiger partial charge in [0.15, 0.2) is 0 Å². The number of aliphatic carboxylic acids is 1. The summed E-state index contributed by atoms with van der Waals surface area (Å²) in [5.74, 6) is -2.43. The third-order valence-corrected chi connectivity index (χ3v) is 10.6. The van der Waals surface area contributed by atoms with Gasteiger partial charge in [-0.2, -0.15) is 0 Å². The zero-order valence-electron chi connectivity index (χ0n) is 29.5. The second-order valence-corrected chi connectivity index (χ2v) is 14.7. The van der Waals surface area contributed by atoms with Gasteiger partial charge in [0.2, 0.25) is 11.8 Å². The lowest BCUT2D eigenvalue weighted by Gasteiger charge is -2.38. The third-order valence-electron chi connectivity index (χ3n) is 9.69. The summed E-state index contributed by atoms with van der Waals surface area (Å²) in [5, 5.41) is 28.7. The van der Waals surface area contributed by atoms with Crippen molar-refractivity contribution in [2.45, 2.75) is 110 Å². The molecule has 1 aromatic carbocycles. The summed E-state index contributed by atoms with van der Waals surface area (Å²) in [7, 11) is 3.67. The van der Waals surface area contributed by atoms with Crippen LogP contribution in [-0.2, 0) is 20.8 Å². The van der Waals surface area contributed by atoms with Crippen LogP contribution in [0.2, 0.25) is 0 Å². The Morgan fingerprint density at radius 3 is 2.35 bits per heavy atom. The maximum absolute atomic E-state index is 14.0. The Morgan fingerprint density at radius 1 is 1.06 bits per heavy atom. The molecule has 3 rings (SSSR count). The molecule has 0 bridgehead atoms. The quantitative estimate of drug-likeness (QED) is 0.190. The molecule has 2 heterocycles. The first-order valence-electron chi connectivity index (χ1n) is 17.2. The maximum atomic E-state index is 14.0. The van der Waals surface area contributed by atoms with Gasteiger partial charge in [-0.1, -0.05) is 77.8 Å². The number of nitrogens with one attached hydrogen (secondary N) is 2. The molecule has 0 radical (unpaired) electrons. The molecule has 0 aliphatic carbocycles. The highest BCUT2D eigenvalue weighted by Gasteiger charge is 2.36. The number of aromatic nitrogens is 1. The molecule has 11 nitrogen and oxygen atoms in total. The number of benzene rings is 1. The van der Waals surface area contributed by atoms with Crippen LogP contribution in [0.15, 0.2) is 35.7 Å². The van der Waals surface area contributed by atoms with Gasteiger partial charge in [-0.3, -0.25) is 24.1 Å². The van der Waals surface area contributed by atoms with E-state index < -0.39 is 36.0 Å². The Kier molecular flexibility index (Phi) is 15.0. The van der Waals surface area contributed by atoms with Gasteiger partial charge in [-0.25, -0.2) is 4.98 Å². The Balaban J connectivity index is 1.70. The van der Waals surface area contributed by atoms with E-state index in [2.05, 4.69) is 20.5 Å². The van der Waals surface area contributed by atoms with Crippen LogP contribution in [0.5, 0.6) is 0 Å². The molecule has 0 saturated carbocycles. The Hall–Kier alpha value is -3.35. The minimum absolute atomic E-state index is 0.0101. The molecular formula is C36H55N5O6S. The van der Waals surface area contributed by atoms with E-state index in [1.807, 2.05) is 65.1 Å². The second kappa shape index (κ2) is 18.4. The first kappa shape index (κ1) is 39.1. The minimum atomic E-state index is -1.03. The van der Waals surface area contributed by atoms with E-state index in [-0.39, 0.29) is 54.3 Å². The topological polar surface area (TPSA) is 152 Å². The molecule has 2 aromatic rings. The number of rotatable bonds is 17. The van der Waals surface area contributed by atoms with Crippen molar-refractivity contribution in [3.05, 3.63) is 52.0 Å². The van der Waals surface area contributed by atoms with Crippen molar-refractivity contribution in [3.8, 4) is 0 Å². The van der Waals surface area contributed by atoms with Crippen molar-refractivity contribution in [3.63, 3.8) is 0 Å². The van der Waals surface area contributed by atoms with Crippen LogP contribution < -0.4 is 10.6 Å². The molecule has 12 heteroatoms. The van der Waals surface area contributed by atoms with Gasteiger partial charge in [-0.15, -0.1) is 11.3 Å². The number of aliphatic hydroxyl groups excluding tert-OH is 1. The molecule has 1 aromatic heterocycles. The monoisotopic (exact) mass is 685 g/mol. The van der Waals surface area contributed by atoms with Gasteiger partial charge in [-0.05, 0) is 56.7 Å². The average Bonchev–Trinajstić information content (AvgIpc) is 3.56. The largest absolute Gasteiger partial charge is 0.481 e. The van der Waals surface area contributed by atoms with E-state index in [9.17, 15) is 29.4 Å².